The third-order valence-electron chi connectivity index (χ3n) is 2.45. The minimum absolute atomic E-state index is 0.310. The van der Waals surface area contributed by atoms with Gasteiger partial charge < -0.3 is 10.1 Å². The second-order valence-electron chi connectivity index (χ2n) is 3.94. The third kappa shape index (κ3) is 4.46. The lowest BCUT2D eigenvalue weighted by Crippen LogP contribution is -2.25. The molecule has 2 rings (SSSR count). The highest BCUT2D eigenvalue weighted by Crippen LogP contribution is 2.06. The Morgan fingerprint density at radius 2 is 2.10 bits per heavy atom. The highest BCUT2D eigenvalue weighted by atomic mass is 32.1. The van der Waals surface area contributed by atoms with E-state index in [-0.39, 0.29) is 0 Å². The van der Waals surface area contributed by atoms with Crippen molar-refractivity contribution in [1.82, 2.24) is 20.6 Å². The Morgan fingerprint density at radius 1 is 1.24 bits per heavy atom. The first-order valence-electron chi connectivity index (χ1n) is 6.09. The molecule has 7 nitrogen and oxygen atoms in total. The zero-order valence-electron chi connectivity index (χ0n) is 11.6. The molecule has 21 heavy (non-hydrogen) atoms. The van der Waals surface area contributed by atoms with Crippen molar-refractivity contribution >= 4 is 28.9 Å². The summed E-state index contributed by atoms with van der Waals surface area (Å²) in [4.78, 5) is 4.19. The summed E-state index contributed by atoms with van der Waals surface area (Å²) in [6, 6.07) is 8.99. The number of methoxy groups -OCH3 is 1. The van der Waals surface area contributed by atoms with Crippen LogP contribution >= 0.6 is 12.2 Å². The molecule has 0 aliphatic carbocycles. The molecule has 0 fully saturated rings. The van der Waals surface area contributed by atoms with Crippen LogP contribution in [0.5, 0.6) is 5.88 Å². The minimum atomic E-state index is 0.310. The summed E-state index contributed by atoms with van der Waals surface area (Å²) in [6.07, 6.45) is 1.71. The maximum atomic E-state index is 5.12. The van der Waals surface area contributed by atoms with Gasteiger partial charge >= 0.3 is 0 Å². The van der Waals surface area contributed by atoms with Crippen molar-refractivity contribution in [3.8, 4) is 5.88 Å². The van der Waals surface area contributed by atoms with Crippen LogP contribution in [0.15, 0.2) is 41.6 Å². The fourth-order valence-corrected chi connectivity index (χ4v) is 1.56. The molecule has 0 saturated carbocycles. The van der Waals surface area contributed by atoms with E-state index >= 15 is 0 Å². The number of ether oxygens (including phenoxy) is 1. The lowest BCUT2D eigenvalue weighted by atomic mass is 10.3. The summed E-state index contributed by atoms with van der Waals surface area (Å²) >= 11 is 5.12. The standard InChI is InChI=1S/C13H14N6OS/c1-9(10-5-3-4-8-14-10)16-19-13(21)15-11-6-7-12(20-2)18-17-11/h3-8H,1-2H3,(H2,15,17,19,21)/b16-9-. The first-order valence-corrected chi connectivity index (χ1v) is 6.50. The molecule has 0 saturated heterocycles. The summed E-state index contributed by atoms with van der Waals surface area (Å²) < 4.78 is 4.92. The van der Waals surface area contributed by atoms with Crippen molar-refractivity contribution in [3.05, 3.63) is 42.2 Å². The molecule has 2 N–H and O–H groups in total. The van der Waals surface area contributed by atoms with Gasteiger partial charge in [0.05, 0.1) is 18.5 Å². The van der Waals surface area contributed by atoms with Crippen molar-refractivity contribution in [2.45, 2.75) is 6.92 Å². The van der Waals surface area contributed by atoms with Crippen LogP contribution in [-0.4, -0.2) is 33.1 Å². The van der Waals surface area contributed by atoms with Gasteiger partial charge in [0.15, 0.2) is 10.9 Å². The highest BCUT2D eigenvalue weighted by Gasteiger charge is 2.01. The van der Waals surface area contributed by atoms with Gasteiger partial charge in [0.25, 0.3) is 0 Å². The SMILES string of the molecule is COc1ccc(NC(=S)N/N=C(/C)c2ccccn2)nn1. The van der Waals surface area contributed by atoms with Crippen LogP contribution in [0.4, 0.5) is 5.82 Å². The van der Waals surface area contributed by atoms with E-state index in [1.807, 2.05) is 25.1 Å². The maximum absolute atomic E-state index is 5.12. The van der Waals surface area contributed by atoms with E-state index in [1.165, 1.54) is 7.11 Å². The molecule has 0 amide bonds. The Balaban J connectivity index is 1.92. The molecule has 2 aromatic rings. The van der Waals surface area contributed by atoms with Gasteiger partial charge in [0, 0.05) is 12.3 Å². The molecule has 2 heterocycles. The number of anilines is 1. The molecule has 0 aromatic carbocycles. The number of hydrogen-bond acceptors (Lipinski definition) is 6. The number of thiocarbonyl (C=S) groups is 1. The summed E-state index contributed by atoms with van der Waals surface area (Å²) in [7, 11) is 1.53. The summed E-state index contributed by atoms with van der Waals surface area (Å²) in [5.41, 5.74) is 4.23. The molecule has 0 atom stereocenters. The van der Waals surface area contributed by atoms with Crippen molar-refractivity contribution in [2.24, 2.45) is 5.10 Å². The van der Waals surface area contributed by atoms with Crippen LogP contribution in [0.3, 0.4) is 0 Å². The predicted octanol–water partition coefficient (Wildman–Crippen LogP) is 1.59. The molecular weight excluding hydrogens is 288 g/mol. The van der Waals surface area contributed by atoms with Crippen molar-refractivity contribution in [1.29, 1.82) is 0 Å². The number of aromatic nitrogens is 3. The monoisotopic (exact) mass is 302 g/mol. The fourth-order valence-electron chi connectivity index (χ4n) is 1.41. The van der Waals surface area contributed by atoms with E-state index < -0.39 is 0 Å². The lowest BCUT2D eigenvalue weighted by Gasteiger charge is -2.07. The molecular formula is C13H14N6OS. The van der Waals surface area contributed by atoms with Crippen LogP contribution in [-0.2, 0) is 0 Å². The summed E-state index contributed by atoms with van der Waals surface area (Å²) in [5, 5.41) is 15.1. The number of pyridine rings is 1. The first-order chi connectivity index (χ1) is 10.2. The quantitative estimate of drug-likeness (QED) is 0.504. The number of nitrogens with one attached hydrogen (secondary N) is 2. The molecule has 0 radical (unpaired) electrons. The Labute approximate surface area is 127 Å². The van der Waals surface area contributed by atoms with Crippen LogP contribution in [0, 0.1) is 0 Å². The zero-order chi connectivity index (χ0) is 15.1. The Bertz CT molecular complexity index is 629. The van der Waals surface area contributed by atoms with Crippen LogP contribution in [0.25, 0.3) is 0 Å². The molecule has 2 aromatic heterocycles. The van der Waals surface area contributed by atoms with E-state index in [4.69, 9.17) is 17.0 Å². The van der Waals surface area contributed by atoms with E-state index in [0.717, 1.165) is 11.4 Å². The Kier molecular flexibility index (Phi) is 5.10. The largest absolute Gasteiger partial charge is 0.480 e. The van der Waals surface area contributed by atoms with E-state index in [0.29, 0.717) is 16.8 Å². The van der Waals surface area contributed by atoms with Gasteiger partial charge in [-0.05, 0) is 37.3 Å². The van der Waals surface area contributed by atoms with Crippen LogP contribution in [0.1, 0.15) is 12.6 Å². The molecule has 0 spiro atoms. The average molecular weight is 302 g/mol. The number of rotatable bonds is 4. The Morgan fingerprint density at radius 3 is 2.71 bits per heavy atom. The normalized spacial score (nSPS) is 10.9. The highest BCUT2D eigenvalue weighted by molar-refractivity contribution is 7.80. The number of nitrogens with zero attached hydrogens (tertiary/aromatic N) is 4. The first kappa shape index (κ1) is 14.8. The third-order valence-corrected chi connectivity index (χ3v) is 2.64. The number of hydrogen-bond donors (Lipinski definition) is 2. The van der Waals surface area contributed by atoms with Crippen molar-refractivity contribution < 1.29 is 4.74 Å². The molecule has 0 bridgehead atoms. The molecule has 8 heteroatoms. The molecule has 0 aliphatic heterocycles. The van der Waals surface area contributed by atoms with E-state index in [2.05, 4.69) is 31.0 Å². The molecule has 0 aliphatic rings. The van der Waals surface area contributed by atoms with Gasteiger partial charge in [0.1, 0.15) is 0 Å². The zero-order valence-corrected chi connectivity index (χ0v) is 12.4. The van der Waals surface area contributed by atoms with Crippen molar-refractivity contribution in [2.75, 3.05) is 12.4 Å². The van der Waals surface area contributed by atoms with Gasteiger partial charge in [-0.15, -0.1) is 10.2 Å². The minimum Gasteiger partial charge on any atom is -0.480 e. The molecule has 108 valence electrons. The maximum Gasteiger partial charge on any atom is 0.233 e. The van der Waals surface area contributed by atoms with Gasteiger partial charge in [-0.25, -0.2) is 0 Å². The number of hydrazone groups is 1. The topological polar surface area (TPSA) is 84.3 Å². The van der Waals surface area contributed by atoms with E-state index in [9.17, 15) is 0 Å². The predicted molar refractivity (Wildman–Crippen MR) is 84.4 cm³/mol. The fraction of sp³-hybridized carbons (Fsp3) is 0.154. The van der Waals surface area contributed by atoms with Crippen LogP contribution in [0.2, 0.25) is 0 Å². The van der Waals surface area contributed by atoms with Gasteiger partial charge in [-0.1, -0.05) is 6.07 Å². The second-order valence-corrected chi connectivity index (χ2v) is 4.35. The lowest BCUT2D eigenvalue weighted by molar-refractivity contribution is 0.392. The van der Waals surface area contributed by atoms with Gasteiger partial charge in [0.2, 0.25) is 5.88 Å². The van der Waals surface area contributed by atoms with Crippen molar-refractivity contribution in [3.63, 3.8) is 0 Å². The van der Waals surface area contributed by atoms with Gasteiger partial charge in [-0.3, -0.25) is 10.4 Å². The smallest absolute Gasteiger partial charge is 0.233 e. The second kappa shape index (κ2) is 7.25. The molecule has 0 unspecified atom stereocenters. The Hall–Kier alpha value is -2.61. The average Bonchev–Trinajstić information content (AvgIpc) is 2.54. The summed E-state index contributed by atoms with van der Waals surface area (Å²) in [5.74, 6) is 0.933. The summed E-state index contributed by atoms with van der Waals surface area (Å²) in [6.45, 7) is 1.84. The van der Waals surface area contributed by atoms with E-state index in [1.54, 1.807) is 18.3 Å². The van der Waals surface area contributed by atoms with Gasteiger partial charge in [-0.2, -0.15) is 5.10 Å². The van der Waals surface area contributed by atoms with Crippen LogP contribution < -0.4 is 15.5 Å².